The maximum Gasteiger partial charge on any atom is 0.573 e. The molecular weight excluding hydrogens is 365 g/mol. The van der Waals surface area contributed by atoms with Gasteiger partial charge in [-0.15, -0.1) is 13.2 Å². The summed E-state index contributed by atoms with van der Waals surface area (Å²) in [6.07, 6.45) is -4.92. The van der Waals surface area contributed by atoms with E-state index in [-0.39, 0.29) is 10.5 Å². The standard InChI is InChI=1S/C14H11F3N2O5S/c15-14(16,17)24-13-7-2-1-4-10(13)9-18-25(22,23)12-6-3-5-11(8-12)19(20)21/h1-8,18H,9H2. The van der Waals surface area contributed by atoms with Gasteiger partial charge in [0.2, 0.25) is 10.0 Å². The fraction of sp³-hybridized carbons (Fsp3) is 0.143. The van der Waals surface area contributed by atoms with Crippen molar-refractivity contribution in [3.63, 3.8) is 0 Å². The molecular formula is C14H11F3N2O5S. The Morgan fingerprint density at radius 1 is 1.12 bits per heavy atom. The summed E-state index contributed by atoms with van der Waals surface area (Å²) in [6, 6.07) is 9.31. The third-order valence-electron chi connectivity index (χ3n) is 2.99. The molecule has 2 aromatic rings. The molecule has 0 amide bonds. The van der Waals surface area contributed by atoms with Gasteiger partial charge in [-0.05, 0) is 12.1 Å². The fourth-order valence-corrected chi connectivity index (χ4v) is 2.94. The topological polar surface area (TPSA) is 98.5 Å². The van der Waals surface area contributed by atoms with Crippen LogP contribution in [0.15, 0.2) is 53.4 Å². The lowest BCUT2D eigenvalue weighted by molar-refractivity contribution is -0.385. The van der Waals surface area contributed by atoms with E-state index in [0.717, 1.165) is 24.3 Å². The zero-order chi connectivity index (χ0) is 18.7. The van der Waals surface area contributed by atoms with Crippen LogP contribution in [-0.2, 0) is 16.6 Å². The lowest BCUT2D eigenvalue weighted by Gasteiger charge is -2.13. The molecule has 25 heavy (non-hydrogen) atoms. The van der Waals surface area contributed by atoms with Gasteiger partial charge in [0, 0.05) is 24.2 Å². The van der Waals surface area contributed by atoms with Crippen LogP contribution < -0.4 is 9.46 Å². The minimum Gasteiger partial charge on any atom is -0.405 e. The molecule has 1 N–H and O–H groups in total. The molecule has 2 rings (SSSR count). The van der Waals surface area contributed by atoms with Crippen molar-refractivity contribution in [3.8, 4) is 5.75 Å². The molecule has 0 aliphatic rings. The van der Waals surface area contributed by atoms with Crippen molar-refractivity contribution < 1.29 is 31.2 Å². The monoisotopic (exact) mass is 376 g/mol. The van der Waals surface area contributed by atoms with Gasteiger partial charge in [-0.2, -0.15) is 0 Å². The predicted molar refractivity (Wildman–Crippen MR) is 80.2 cm³/mol. The summed E-state index contributed by atoms with van der Waals surface area (Å²) in [6.45, 7) is -0.489. The average molecular weight is 376 g/mol. The highest BCUT2D eigenvalue weighted by molar-refractivity contribution is 7.89. The van der Waals surface area contributed by atoms with E-state index in [1.807, 2.05) is 0 Å². The van der Waals surface area contributed by atoms with E-state index in [0.29, 0.717) is 0 Å². The number of hydrogen-bond donors (Lipinski definition) is 1. The van der Waals surface area contributed by atoms with Crippen LogP contribution in [-0.4, -0.2) is 19.7 Å². The van der Waals surface area contributed by atoms with E-state index < -0.39 is 39.3 Å². The van der Waals surface area contributed by atoms with Gasteiger partial charge in [0.15, 0.2) is 0 Å². The van der Waals surface area contributed by atoms with Crippen LogP contribution in [0.5, 0.6) is 5.75 Å². The molecule has 0 fully saturated rings. The summed E-state index contributed by atoms with van der Waals surface area (Å²) in [4.78, 5) is 9.57. The van der Waals surface area contributed by atoms with Crippen molar-refractivity contribution in [3.05, 3.63) is 64.2 Å². The summed E-state index contributed by atoms with van der Waals surface area (Å²) >= 11 is 0. The Kier molecular flexibility index (Phi) is 5.28. The number of alkyl halides is 3. The number of halogens is 3. The lowest BCUT2D eigenvalue weighted by Crippen LogP contribution is -2.24. The van der Waals surface area contributed by atoms with Crippen molar-refractivity contribution in [2.45, 2.75) is 17.8 Å². The number of non-ortho nitro benzene ring substituents is 1. The largest absolute Gasteiger partial charge is 0.573 e. The molecule has 2 aromatic carbocycles. The maximum absolute atomic E-state index is 12.4. The van der Waals surface area contributed by atoms with Gasteiger partial charge in [0.1, 0.15) is 5.75 Å². The fourth-order valence-electron chi connectivity index (χ4n) is 1.89. The number of rotatable bonds is 6. The molecule has 0 atom stereocenters. The predicted octanol–water partition coefficient (Wildman–Crippen LogP) is 2.97. The normalized spacial score (nSPS) is 12.0. The number of benzene rings is 2. The number of nitrogens with zero attached hydrogens (tertiary/aromatic N) is 1. The number of para-hydroxylation sites is 1. The van der Waals surface area contributed by atoms with Crippen LogP contribution in [0.1, 0.15) is 5.56 Å². The molecule has 0 aliphatic heterocycles. The number of nitro groups is 1. The summed E-state index contributed by atoms with van der Waals surface area (Å²) in [5, 5.41) is 10.7. The van der Waals surface area contributed by atoms with E-state index in [4.69, 9.17) is 0 Å². The van der Waals surface area contributed by atoms with E-state index in [2.05, 4.69) is 9.46 Å². The van der Waals surface area contributed by atoms with Crippen molar-refractivity contribution in [2.24, 2.45) is 0 Å². The number of ether oxygens (including phenoxy) is 1. The zero-order valence-electron chi connectivity index (χ0n) is 12.4. The van der Waals surface area contributed by atoms with Gasteiger partial charge in [-0.1, -0.05) is 24.3 Å². The summed E-state index contributed by atoms with van der Waals surface area (Å²) in [7, 11) is -4.17. The minimum absolute atomic E-state index is 0.0474. The molecule has 0 spiro atoms. The molecule has 0 bridgehead atoms. The van der Waals surface area contributed by atoms with Crippen molar-refractivity contribution in [2.75, 3.05) is 0 Å². The number of nitro benzene ring substituents is 1. The van der Waals surface area contributed by atoms with E-state index >= 15 is 0 Å². The first-order valence-electron chi connectivity index (χ1n) is 6.66. The summed E-state index contributed by atoms with van der Waals surface area (Å²) in [5.74, 6) is -0.545. The quantitative estimate of drug-likeness (QED) is 0.617. The molecule has 0 unspecified atom stereocenters. The van der Waals surface area contributed by atoms with Gasteiger partial charge >= 0.3 is 6.36 Å². The van der Waals surface area contributed by atoms with Gasteiger partial charge in [-0.25, -0.2) is 13.1 Å². The van der Waals surface area contributed by atoms with Crippen LogP contribution in [0.3, 0.4) is 0 Å². The Morgan fingerprint density at radius 3 is 2.44 bits per heavy atom. The van der Waals surface area contributed by atoms with Gasteiger partial charge < -0.3 is 4.74 Å². The van der Waals surface area contributed by atoms with Crippen LogP contribution in [0.25, 0.3) is 0 Å². The summed E-state index contributed by atoms with van der Waals surface area (Å²) < 4.78 is 67.3. The molecule has 0 radical (unpaired) electrons. The Labute approximate surface area is 140 Å². The highest BCUT2D eigenvalue weighted by Gasteiger charge is 2.32. The first kappa shape index (κ1) is 18.7. The Hall–Kier alpha value is -2.66. The number of sulfonamides is 1. The Morgan fingerprint density at radius 2 is 1.80 bits per heavy atom. The smallest absolute Gasteiger partial charge is 0.405 e. The SMILES string of the molecule is O=[N+]([O-])c1cccc(S(=O)(=O)NCc2ccccc2OC(F)(F)F)c1. The highest BCUT2D eigenvalue weighted by Crippen LogP contribution is 2.26. The zero-order valence-corrected chi connectivity index (χ0v) is 13.2. The third kappa shape index (κ3) is 5.16. The van der Waals surface area contributed by atoms with Gasteiger partial charge in [-0.3, -0.25) is 10.1 Å². The molecule has 7 nitrogen and oxygen atoms in total. The van der Waals surface area contributed by atoms with E-state index in [1.165, 1.54) is 24.3 Å². The third-order valence-corrected chi connectivity index (χ3v) is 4.39. The maximum atomic E-state index is 12.4. The number of hydrogen-bond acceptors (Lipinski definition) is 5. The average Bonchev–Trinajstić information content (AvgIpc) is 2.53. The van der Waals surface area contributed by atoms with Crippen LogP contribution >= 0.6 is 0 Å². The molecule has 0 saturated heterocycles. The lowest BCUT2D eigenvalue weighted by atomic mass is 10.2. The minimum atomic E-state index is -4.92. The van der Waals surface area contributed by atoms with Crippen molar-refractivity contribution >= 4 is 15.7 Å². The molecule has 0 saturated carbocycles. The second-order valence-electron chi connectivity index (χ2n) is 4.73. The first-order chi connectivity index (χ1) is 11.6. The van der Waals surface area contributed by atoms with Gasteiger partial charge in [0.25, 0.3) is 5.69 Å². The Bertz CT molecular complexity index is 884. The molecule has 11 heteroatoms. The first-order valence-corrected chi connectivity index (χ1v) is 8.14. The molecule has 0 aliphatic carbocycles. The second-order valence-corrected chi connectivity index (χ2v) is 6.50. The number of nitrogens with one attached hydrogen (secondary N) is 1. The molecule has 0 aromatic heterocycles. The van der Waals surface area contributed by atoms with Crippen LogP contribution in [0, 0.1) is 10.1 Å². The van der Waals surface area contributed by atoms with E-state index in [9.17, 15) is 31.7 Å². The summed E-state index contributed by atoms with van der Waals surface area (Å²) in [5.41, 5.74) is -0.475. The Balaban J connectivity index is 2.21. The van der Waals surface area contributed by atoms with Crippen molar-refractivity contribution in [1.29, 1.82) is 0 Å². The van der Waals surface area contributed by atoms with E-state index in [1.54, 1.807) is 0 Å². The van der Waals surface area contributed by atoms with Crippen LogP contribution in [0.4, 0.5) is 18.9 Å². The molecule has 0 heterocycles. The van der Waals surface area contributed by atoms with Crippen LogP contribution in [0.2, 0.25) is 0 Å². The molecule has 134 valence electrons. The van der Waals surface area contributed by atoms with Gasteiger partial charge in [0.05, 0.1) is 9.82 Å². The second kappa shape index (κ2) is 7.07. The highest BCUT2D eigenvalue weighted by atomic mass is 32.2. The van der Waals surface area contributed by atoms with Crippen molar-refractivity contribution in [1.82, 2.24) is 4.72 Å².